The van der Waals surface area contributed by atoms with Gasteiger partial charge in [-0.05, 0) is 24.1 Å². The van der Waals surface area contributed by atoms with Crippen LogP contribution in [0.4, 0.5) is 0 Å². The molecule has 0 saturated carbocycles. The molecule has 0 spiro atoms. The fourth-order valence-electron chi connectivity index (χ4n) is 1.30. The van der Waals surface area contributed by atoms with Crippen LogP contribution in [0.2, 0.25) is 10.0 Å². The number of benzene rings is 1. The van der Waals surface area contributed by atoms with E-state index < -0.39 is 21.9 Å². The highest BCUT2D eigenvalue weighted by molar-refractivity contribution is 7.85. The van der Waals surface area contributed by atoms with Gasteiger partial charge in [-0.3, -0.25) is 4.55 Å². The number of rotatable bonds is 4. The van der Waals surface area contributed by atoms with Crippen molar-refractivity contribution in [2.24, 2.45) is 5.73 Å². The summed E-state index contributed by atoms with van der Waals surface area (Å²) >= 11 is 11.5. The summed E-state index contributed by atoms with van der Waals surface area (Å²) in [5, 5.41) is 0.812. The zero-order chi connectivity index (χ0) is 12.3. The molecular formula is C9H11Cl2NO3S. The molecule has 3 N–H and O–H groups in total. The summed E-state index contributed by atoms with van der Waals surface area (Å²) in [5.41, 5.74) is 6.33. The third-order valence-electron chi connectivity index (χ3n) is 1.91. The lowest BCUT2D eigenvalue weighted by Crippen LogP contribution is -2.31. The second kappa shape index (κ2) is 5.33. The molecule has 0 aliphatic rings. The fraction of sp³-hybridized carbons (Fsp3) is 0.333. The zero-order valence-electron chi connectivity index (χ0n) is 8.23. The maximum atomic E-state index is 10.6. The van der Waals surface area contributed by atoms with Crippen molar-refractivity contribution in [1.82, 2.24) is 0 Å². The Labute approximate surface area is 104 Å². The Morgan fingerprint density at radius 1 is 1.31 bits per heavy atom. The van der Waals surface area contributed by atoms with E-state index in [-0.39, 0.29) is 0 Å². The van der Waals surface area contributed by atoms with Crippen molar-refractivity contribution in [3.05, 3.63) is 33.8 Å². The first-order chi connectivity index (χ1) is 7.28. The molecule has 0 aliphatic heterocycles. The second-order valence-corrected chi connectivity index (χ2v) is 5.77. The molecule has 0 bridgehead atoms. The van der Waals surface area contributed by atoms with Gasteiger partial charge in [-0.1, -0.05) is 29.3 Å². The van der Waals surface area contributed by atoms with Crippen LogP contribution in [0.25, 0.3) is 0 Å². The standard InChI is InChI=1S/C9H11Cl2NO3S/c10-8-2-1-6(4-9(8)11)3-7(12)5-16(13,14)15/h1-2,4,7H,3,5,12H2,(H,13,14,15)/t7-/m1/s1. The van der Waals surface area contributed by atoms with Crippen molar-refractivity contribution in [2.45, 2.75) is 12.5 Å². The Bertz CT molecular complexity index is 476. The SMILES string of the molecule is N[C@H](Cc1ccc(Cl)c(Cl)c1)CS(=O)(=O)O. The summed E-state index contributed by atoms with van der Waals surface area (Å²) in [6, 6.07) is 4.26. The number of halogens is 2. The third-order valence-corrected chi connectivity index (χ3v) is 3.50. The van der Waals surface area contributed by atoms with Crippen molar-refractivity contribution < 1.29 is 13.0 Å². The minimum absolute atomic E-state index is 0.302. The summed E-state index contributed by atoms with van der Waals surface area (Å²) in [4.78, 5) is 0. The van der Waals surface area contributed by atoms with Gasteiger partial charge in [0.1, 0.15) is 0 Å². The summed E-state index contributed by atoms with van der Waals surface area (Å²) in [5.74, 6) is -0.479. The van der Waals surface area contributed by atoms with E-state index in [0.717, 1.165) is 5.56 Å². The Balaban J connectivity index is 2.70. The van der Waals surface area contributed by atoms with Gasteiger partial charge in [-0.2, -0.15) is 8.42 Å². The van der Waals surface area contributed by atoms with Gasteiger partial charge in [-0.25, -0.2) is 0 Å². The molecule has 0 saturated heterocycles. The largest absolute Gasteiger partial charge is 0.326 e. The lowest BCUT2D eigenvalue weighted by atomic mass is 10.1. The smallest absolute Gasteiger partial charge is 0.266 e. The highest BCUT2D eigenvalue weighted by Gasteiger charge is 2.13. The van der Waals surface area contributed by atoms with Crippen molar-refractivity contribution in [2.75, 3.05) is 5.75 Å². The molecule has 1 aromatic carbocycles. The number of hydrogen-bond donors (Lipinski definition) is 2. The van der Waals surface area contributed by atoms with Gasteiger partial charge in [0.25, 0.3) is 10.1 Å². The van der Waals surface area contributed by atoms with E-state index in [0.29, 0.717) is 16.5 Å². The minimum atomic E-state index is -4.05. The highest BCUT2D eigenvalue weighted by atomic mass is 35.5. The average molecular weight is 284 g/mol. The first-order valence-corrected chi connectivity index (χ1v) is 6.79. The molecule has 0 fully saturated rings. The van der Waals surface area contributed by atoms with E-state index in [4.69, 9.17) is 33.5 Å². The maximum absolute atomic E-state index is 10.6. The first-order valence-electron chi connectivity index (χ1n) is 4.42. The van der Waals surface area contributed by atoms with Crippen LogP contribution < -0.4 is 5.73 Å². The van der Waals surface area contributed by atoms with Gasteiger partial charge >= 0.3 is 0 Å². The van der Waals surface area contributed by atoms with Crippen molar-refractivity contribution >= 4 is 33.3 Å². The molecule has 1 atom stereocenters. The summed E-state index contributed by atoms with van der Waals surface area (Å²) in [6.07, 6.45) is 0.302. The molecule has 0 heterocycles. The van der Waals surface area contributed by atoms with Gasteiger partial charge in [-0.15, -0.1) is 0 Å². The zero-order valence-corrected chi connectivity index (χ0v) is 10.6. The van der Waals surface area contributed by atoms with Crippen LogP contribution in [0.5, 0.6) is 0 Å². The predicted octanol–water partition coefficient (Wildman–Crippen LogP) is 1.75. The Hall–Kier alpha value is -0.330. The molecule has 0 aliphatic carbocycles. The molecule has 1 aromatic rings. The lowest BCUT2D eigenvalue weighted by Gasteiger charge is -2.10. The van der Waals surface area contributed by atoms with Gasteiger partial charge < -0.3 is 5.73 Å². The Morgan fingerprint density at radius 3 is 2.44 bits per heavy atom. The van der Waals surface area contributed by atoms with Gasteiger partial charge in [0.05, 0.1) is 15.8 Å². The average Bonchev–Trinajstić information content (AvgIpc) is 2.08. The Morgan fingerprint density at radius 2 is 1.94 bits per heavy atom. The van der Waals surface area contributed by atoms with Crippen molar-refractivity contribution in [1.29, 1.82) is 0 Å². The number of nitrogens with two attached hydrogens (primary N) is 1. The fourth-order valence-corrected chi connectivity index (χ4v) is 2.28. The summed E-state index contributed by atoms with van der Waals surface area (Å²) < 4.78 is 29.8. The van der Waals surface area contributed by atoms with E-state index in [1.165, 1.54) is 0 Å². The molecule has 0 aromatic heterocycles. The monoisotopic (exact) mass is 283 g/mol. The van der Waals surface area contributed by atoms with Crippen molar-refractivity contribution in [3.63, 3.8) is 0 Å². The molecule has 0 unspecified atom stereocenters. The van der Waals surface area contributed by atoms with E-state index in [9.17, 15) is 8.42 Å². The van der Waals surface area contributed by atoms with Crippen LogP contribution in [0.3, 0.4) is 0 Å². The molecule has 90 valence electrons. The maximum Gasteiger partial charge on any atom is 0.266 e. The van der Waals surface area contributed by atoms with E-state index in [1.54, 1.807) is 18.2 Å². The molecule has 0 radical (unpaired) electrons. The normalized spacial score (nSPS) is 13.8. The quantitative estimate of drug-likeness (QED) is 0.825. The van der Waals surface area contributed by atoms with Gasteiger partial charge in [0.2, 0.25) is 0 Å². The third kappa shape index (κ3) is 4.67. The summed E-state index contributed by atoms with van der Waals surface area (Å²) in [6.45, 7) is 0. The second-order valence-electron chi connectivity index (χ2n) is 3.46. The van der Waals surface area contributed by atoms with Crippen LogP contribution in [0.1, 0.15) is 5.56 Å². The molecule has 1 rings (SSSR count). The highest BCUT2D eigenvalue weighted by Crippen LogP contribution is 2.23. The van der Waals surface area contributed by atoms with E-state index in [2.05, 4.69) is 0 Å². The molecular weight excluding hydrogens is 273 g/mol. The van der Waals surface area contributed by atoms with Gasteiger partial charge in [0.15, 0.2) is 0 Å². The molecule has 7 heteroatoms. The Kier molecular flexibility index (Phi) is 4.58. The van der Waals surface area contributed by atoms with Crippen LogP contribution >= 0.6 is 23.2 Å². The minimum Gasteiger partial charge on any atom is -0.326 e. The predicted molar refractivity (Wildman–Crippen MR) is 64.6 cm³/mol. The summed E-state index contributed by atoms with van der Waals surface area (Å²) in [7, 11) is -4.05. The lowest BCUT2D eigenvalue weighted by molar-refractivity contribution is 0.476. The van der Waals surface area contributed by atoms with Crippen LogP contribution in [0, 0.1) is 0 Å². The topological polar surface area (TPSA) is 80.4 Å². The number of hydrogen-bond acceptors (Lipinski definition) is 3. The van der Waals surface area contributed by atoms with E-state index in [1.807, 2.05) is 0 Å². The van der Waals surface area contributed by atoms with Crippen LogP contribution in [0.15, 0.2) is 18.2 Å². The molecule has 0 amide bonds. The molecule has 16 heavy (non-hydrogen) atoms. The van der Waals surface area contributed by atoms with Crippen LogP contribution in [-0.2, 0) is 16.5 Å². The molecule has 4 nitrogen and oxygen atoms in total. The van der Waals surface area contributed by atoms with Crippen LogP contribution in [-0.4, -0.2) is 24.8 Å². The van der Waals surface area contributed by atoms with Gasteiger partial charge in [0, 0.05) is 6.04 Å². The first kappa shape index (κ1) is 13.7. The van der Waals surface area contributed by atoms with Crippen molar-refractivity contribution in [3.8, 4) is 0 Å². The van der Waals surface area contributed by atoms with E-state index >= 15 is 0 Å².